The third kappa shape index (κ3) is 3.03. The van der Waals surface area contributed by atoms with Gasteiger partial charge in [0.1, 0.15) is 5.82 Å². The number of oxime groups is 1. The first-order chi connectivity index (χ1) is 10.0. The Hall–Kier alpha value is -3.23. The number of hydrogen-bond donors (Lipinski definition) is 2. The van der Waals surface area contributed by atoms with Crippen LogP contribution in [0, 0.1) is 15.9 Å². The lowest BCUT2D eigenvalue weighted by molar-refractivity contribution is -0.385. The van der Waals surface area contributed by atoms with E-state index in [1.54, 1.807) is 0 Å². The minimum atomic E-state index is -0.714. The first kappa shape index (κ1) is 14.2. The molecular weight excluding hydrogens is 283 g/mol. The lowest BCUT2D eigenvalue weighted by Crippen LogP contribution is -2.14. The summed E-state index contributed by atoms with van der Waals surface area (Å²) in [7, 11) is 0. The topological polar surface area (TPSA) is 124 Å². The van der Waals surface area contributed by atoms with Crippen molar-refractivity contribution in [1.82, 2.24) is 4.98 Å². The molecule has 9 heteroatoms. The number of rotatable bonds is 4. The average molecular weight is 292 g/mol. The molecule has 21 heavy (non-hydrogen) atoms. The van der Waals surface area contributed by atoms with Crippen molar-refractivity contribution in [2.24, 2.45) is 10.9 Å². The smallest absolute Gasteiger partial charge is 0.311 e. The third-order valence-electron chi connectivity index (χ3n) is 2.51. The zero-order chi connectivity index (χ0) is 15.4. The summed E-state index contributed by atoms with van der Waals surface area (Å²) in [6.45, 7) is 0. The van der Waals surface area contributed by atoms with Crippen molar-refractivity contribution in [3.05, 3.63) is 58.2 Å². The van der Waals surface area contributed by atoms with Gasteiger partial charge in [0.05, 0.1) is 16.7 Å². The summed E-state index contributed by atoms with van der Waals surface area (Å²) in [5.74, 6) is -1.31. The van der Waals surface area contributed by atoms with E-state index in [4.69, 9.17) is 15.7 Å². The molecule has 0 spiro atoms. The second-order valence-corrected chi connectivity index (χ2v) is 3.83. The molecule has 0 fully saturated rings. The number of nitrogens with two attached hydrogens (primary N) is 1. The number of benzene rings is 1. The quantitative estimate of drug-likeness (QED) is 0.292. The number of nitrogens with zero attached hydrogens (tertiary/aromatic N) is 3. The Labute approximate surface area is 117 Å². The van der Waals surface area contributed by atoms with E-state index < -0.39 is 16.4 Å². The van der Waals surface area contributed by atoms with Crippen LogP contribution in [0.1, 0.15) is 5.56 Å². The van der Waals surface area contributed by atoms with Crippen LogP contribution in [-0.4, -0.2) is 21.0 Å². The van der Waals surface area contributed by atoms with Gasteiger partial charge in [-0.15, -0.1) is 0 Å². The summed E-state index contributed by atoms with van der Waals surface area (Å²) in [5.41, 5.74) is 5.19. The maximum absolute atomic E-state index is 13.2. The number of hydrogen-bond acceptors (Lipinski definition) is 6. The SMILES string of the molecule is N/C(=N/O)c1ccncc1Oc1cc(F)ccc1[N+](=O)[O-]. The Morgan fingerprint density at radius 1 is 1.43 bits per heavy atom. The molecule has 1 heterocycles. The van der Waals surface area contributed by atoms with Crippen molar-refractivity contribution < 1.29 is 19.3 Å². The largest absolute Gasteiger partial charge is 0.448 e. The van der Waals surface area contributed by atoms with Crippen LogP contribution in [0.4, 0.5) is 10.1 Å². The van der Waals surface area contributed by atoms with Gasteiger partial charge >= 0.3 is 5.69 Å². The lowest BCUT2D eigenvalue weighted by Gasteiger charge is -2.09. The number of ether oxygens (including phenoxy) is 1. The number of pyridine rings is 1. The molecule has 0 aliphatic carbocycles. The average Bonchev–Trinajstić information content (AvgIpc) is 2.47. The second-order valence-electron chi connectivity index (χ2n) is 3.83. The first-order valence-electron chi connectivity index (χ1n) is 5.56. The zero-order valence-electron chi connectivity index (χ0n) is 10.4. The Kier molecular flexibility index (Phi) is 3.93. The maximum atomic E-state index is 13.2. The predicted octanol–water partition coefficient (Wildman–Crippen LogP) is 2.02. The molecule has 8 nitrogen and oxygen atoms in total. The van der Waals surface area contributed by atoms with Crippen molar-refractivity contribution in [1.29, 1.82) is 0 Å². The van der Waals surface area contributed by atoms with Gasteiger partial charge in [0.2, 0.25) is 5.75 Å². The highest BCUT2D eigenvalue weighted by Gasteiger charge is 2.19. The van der Waals surface area contributed by atoms with Gasteiger partial charge < -0.3 is 15.7 Å². The number of nitro benzene ring substituents is 1. The Balaban J connectivity index is 2.48. The fourth-order valence-corrected chi connectivity index (χ4v) is 1.57. The molecule has 1 aromatic heterocycles. The fraction of sp³-hybridized carbons (Fsp3) is 0. The van der Waals surface area contributed by atoms with Gasteiger partial charge in [-0.2, -0.15) is 0 Å². The van der Waals surface area contributed by atoms with E-state index in [2.05, 4.69) is 10.1 Å². The Morgan fingerprint density at radius 2 is 2.19 bits per heavy atom. The molecular formula is C12H9FN4O4. The second kappa shape index (κ2) is 5.82. The molecule has 1 aromatic carbocycles. The summed E-state index contributed by atoms with van der Waals surface area (Å²) in [6, 6.07) is 4.17. The highest BCUT2D eigenvalue weighted by molar-refractivity contribution is 5.99. The minimum absolute atomic E-state index is 0.0125. The standard InChI is InChI=1S/C12H9FN4O4/c13-7-1-2-9(17(19)20)10(5-7)21-11-6-15-4-3-8(11)12(14)16-18/h1-6,18H,(H2,14,16). The van der Waals surface area contributed by atoms with Crippen LogP contribution in [0.15, 0.2) is 41.8 Å². The van der Waals surface area contributed by atoms with E-state index in [0.29, 0.717) is 0 Å². The van der Waals surface area contributed by atoms with E-state index in [1.165, 1.54) is 18.5 Å². The maximum Gasteiger partial charge on any atom is 0.311 e. The van der Waals surface area contributed by atoms with Gasteiger partial charge in [-0.25, -0.2) is 4.39 Å². The van der Waals surface area contributed by atoms with E-state index in [0.717, 1.165) is 18.2 Å². The number of halogens is 1. The van der Waals surface area contributed by atoms with Crippen LogP contribution in [0.3, 0.4) is 0 Å². The van der Waals surface area contributed by atoms with E-state index >= 15 is 0 Å². The van der Waals surface area contributed by atoms with Crippen LogP contribution < -0.4 is 10.5 Å². The van der Waals surface area contributed by atoms with Crippen LogP contribution in [0.25, 0.3) is 0 Å². The van der Waals surface area contributed by atoms with Crippen molar-refractivity contribution in [3.63, 3.8) is 0 Å². The molecule has 2 rings (SSSR count). The fourth-order valence-electron chi connectivity index (χ4n) is 1.57. The third-order valence-corrected chi connectivity index (χ3v) is 2.51. The molecule has 0 saturated carbocycles. The molecule has 0 unspecified atom stereocenters. The lowest BCUT2D eigenvalue weighted by atomic mass is 10.2. The van der Waals surface area contributed by atoms with Gasteiger partial charge in [0, 0.05) is 18.3 Å². The molecule has 0 radical (unpaired) electrons. The van der Waals surface area contributed by atoms with Crippen LogP contribution >= 0.6 is 0 Å². The monoisotopic (exact) mass is 292 g/mol. The molecule has 3 N–H and O–H groups in total. The molecule has 0 aliphatic rings. The van der Waals surface area contributed by atoms with Gasteiger partial charge in [-0.1, -0.05) is 5.16 Å². The summed E-state index contributed by atoms with van der Waals surface area (Å²) in [4.78, 5) is 14.0. The highest BCUT2D eigenvalue weighted by Crippen LogP contribution is 2.33. The number of nitro groups is 1. The van der Waals surface area contributed by atoms with Crippen molar-refractivity contribution >= 4 is 11.5 Å². The normalized spacial score (nSPS) is 11.2. The first-order valence-corrected chi connectivity index (χ1v) is 5.56. The van der Waals surface area contributed by atoms with Crippen molar-refractivity contribution in [3.8, 4) is 11.5 Å². The van der Waals surface area contributed by atoms with Gasteiger partial charge in [-0.3, -0.25) is 15.1 Å². The molecule has 0 atom stereocenters. The van der Waals surface area contributed by atoms with Crippen LogP contribution in [-0.2, 0) is 0 Å². The predicted molar refractivity (Wildman–Crippen MR) is 69.9 cm³/mol. The highest BCUT2D eigenvalue weighted by atomic mass is 19.1. The van der Waals surface area contributed by atoms with E-state index in [1.807, 2.05) is 0 Å². The summed E-state index contributed by atoms with van der Waals surface area (Å²) < 4.78 is 18.5. The molecule has 0 aliphatic heterocycles. The minimum Gasteiger partial charge on any atom is -0.448 e. The van der Waals surface area contributed by atoms with Crippen molar-refractivity contribution in [2.45, 2.75) is 0 Å². The van der Waals surface area contributed by atoms with Crippen molar-refractivity contribution in [2.75, 3.05) is 0 Å². The Morgan fingerprint density at radius 3 is 2.86 bits per heavy atom. The summed E-state index contributed by atoms with van der Waals surface area (Å²) >= 11 is 0. The number of aromatic nitrogens is 1. The van der Waals surface area contributed by atoms with E-state index in [9.17, 15) is 14.5 Å². The van der Waals surface area contributed by atoms with Crippen LogP contribution in [0.5, 0.6) is 11.5 Å². The zero-order valence-corrected chi connectivity index (χ0v) is 10.4. The Bertz CT molecular complexity index is 720. The molecule has 0 saturated heterocycles. The molecule has 0 bridgehead atoms. The molecule has 108 valence electrons. The van der Waals surface area contributed by atoms with Gasteiger partial charge in [-0.05, 0) is 12.1 Å². The van der Waals surface area contributed by atoms with Gasteiger partial charge in [0.15, 0.2) is 11.6 Å². The van der Waals surface area contributed by atoms with Crippen LogP contribution in [0.2, 0.25) is 0 Å². The summed E-state index contributed by atoms with van der Waals surface area (Å²) in [6.07, 6.45) is 2.57. The van der Waals surface area contributed by atoms with Gasteiger partial charge in [0.25, 0.3) is 0 Å². The molecule has 0 amide bonds. The van der Waals surface area contributed by atoms with E-state index in [-0.39, 0.29) is 22.9 Å². The number of amidine groups is 1. The molecule has 2 aromatic rings. The summed E-state index contributed by atoms with van der Waals surface area (Å²) in [5, 5.41) is 22.4.